The van der Waals surface area contributed by atoms with Crippen LogP contribution in [0.15, 0.2) is 18.2 Å². The second-order valence-electron chi connectivity index (χ2n) is 5.53. The van der Waals surface area contributed by atoms with Gasteiger partial charge in [-0.15, -0.1) is 0 Å². The van der Waals surface area contributed by atoms with Crippen molar-refractivity contribution in [2.45, 2.75) is 19.0 Å². The molecule has 1 N–H and O–H groups in total. The van der Waals surface area contributed by atoms with Crippen LogP contribution in [0.1, 0.15) is 18.1 Å². The van der Waals surface area contributed by atoms with Gasteiger partial charge < -0.3 is 5.11 Å². The number of β-amino-alcohol motifs (C(OH)–C–C–N with tert-alkyl or cyclic N) is 1. The monoisotopic (exact) mass is 320 g/mol. The molecule has 1 atom stereocenters. The molecule has 1 aromatic carbocycles. The van der Waals surface area contributed by atoms with E-state index in [1.165, 1.54) is 6.07 Å². The second kappa shape index (κ2) is 7.89. The Labute approximate surface area is 127 Å². The van der Waals surface area contributed by atoms with Gasteiger partial charge in [-0.1, -0.05) is 6.07 Å². The first-order chi connectivity index (χ1) is 10.5. The quantitative estimate of drug-likeness (QED) is 0.843. The van der Waals surface area contributed by atoms with Crippen molar-refractivity contribution in [1.82, 2.24) is 9.80 Å². The van der Waals surface area contributed by atoms with Crippen molar-refractivity contribution in [2.24, 2.45) is 0 Å². The van der Waals surface area contributed by atoms with Crippen molar-refractivity contribution >= 4 is 0 Å². The Kier molecular flexibility index (Phi) is 6.16. The number of nitrogens with zero attached hydrogens (tertiary/aromatic N) is 2. The van der Waals surface area contributed by atoms with Crippen LogP contribution in [0, 0.1) is 11.6 Å². The lowest BCUT2D eigenvalue weighted by molar-refractivity contribution is 0.0856. The van der Waals surface area contributed by atoms with Gasteiger partial charge in [0.1, 0.15) is 11.6 Å². The molecule has 3 nitrogen and oxygen atoms in total. The molecule has 1 aliphatic rings. The molecular formula is C15H20F4N2O. The lowest BCUT2D eigenvalue weighted by Crippen LogP contribution is -2.35. The van der Waals surface area contributed by atoms with Gasteiger partial charge in [0.15, 0.2) is 0 Å². The summed E-state index contributed by atoms with van der Waals surface area (Å²) in [4.78, 5) is 3.61. The van der Waals surface area contributed by atoms with Gasteiger partial charge in [-0.2, -0.15) is 0 Å². The Morgan fingerprint density at radius 3 is 2.23 bits per heavy atom. The molecule has 2 rings (SSSR count). The first-order valence-electron chi connectivity index (χ1n) is 7.31. The van der Waals surface area contributed by atoms with E-state index in [9.17, 15) is 22.7 Å². The molecular weight excluding hydrogens is 300 g/mol. The zero-order chi connectivity index (χ0) is 16.1. The molecule has 0 spiro atoms. The molecule has 1 aliphatic heterocycles. The maximum absolute atomic E-state index is 13.6. The summed E-state index contributed by atoms with van der Waals surface area (Å²) in [6, 6.07) is 3.08. The fraction of sp³-hybridized carbons (Fsp3) is 0.600. The maximum atomic E-state index is 13.6. The molecule has 1 aromatic rings. The Hall–Kier alpha value is -1.18. The highest BCUT2D eigenvalue weighted by atomic mass is 19.3. The van der Waals surface area contributed by atoms with Crippen molar-refractivity contribution in [3.05, 3.63) is 35.4 Å². The molecule has 1 heterocycles. The summed E-state index contributed by atoms with van der Waals surface area (Å²) in [5.74, 6) is -1.47. The van der Waals surface area contributed by atoms with Gasteiger partial charge in [0.05, 0.1) is 12.6 Å². The van der Waals surface area contributed by atoms with Crippen molar-refractivity contribution in [3.8, 4) is 0 Å². The molecule has 0 bridgehead atoms. The number of hydrogen-bond acceptors (Lipinski definition) is 3. The maximum Gasteiger partial charge on any atom is 0.251 e. The summed E-state index contributed by atoms with van der Waals surface area (Å²) in [7, 11) is 0. The van der Waals surface area contributed by atoms with E-state index in [4.69, 9.17) is 0 Å². The van der Waals surface area contributed by atoms with Crippen LogP contribution < -0.4 is 0 Å². The van der Waals surface area contributed by atoms with E-state index in [1.807, 2.05) is 4.90 Å². The summed E-state index contributed by atoms with van der Waals surface area (Å²) < 4.78 is 51.3. The number of alkyl halides is 2. The number of benzene rings is 1. The number of halogens is 4. The summed E-state index contributed by atoms with van der Waals surface area (Å²) in [5, 5.41) is 10.1. The Balaban J connectivity index is 1.90. The third-order valence-electron chi connectivity index (χ3n) is 3.83. The van der Waals surface area contributed by atoms with Crippen LogP contribution in [0.3, 0.4) is 0 Å². The summed E-state index contributed by atoms with van der Waals surface area (Å²) in [6.07, 6.45) is -2.71. The number of hydrogen-bond donors (Lipinski definition) is 1. The van der Waals surface area contributed by atoms with Crippen LogP contribution in [0.4, 0.5) is 17.6 Å². The van der Waals surface area contributed by atoms with Gasteiger partial charge in [-0.25, -0.2) is 17.6 Å². The molecule has 0 radical (unpaired) electrons. The SMILES string of the molecule is OC(CN1CCCN(CC(F)F)CC1)c1ccc(F)cc1F. The minimum absolute atomic E-state index is 0.0510. The average molecular weight is 320 g/mol. The first kappa shape index (κ1) is 17.2. The normalized spacial score (nSPS) is 19.4. The van der Waals surface area contributed by atoms with Gasteiger partial charge in [-0.3, -0.25) is 9.80 Å². The van der Waals surface area contributed by atoms with E-state index in [0.717, 1.165) is 12.1 Å². The molecule has 0 aromatic heterocycles. The van der Waals surface area contributed by atoms with Crippen LogP contribution in [0.2, 0.25) is 0 Å². The molecule has 1 saturated heterocycles. The lowest BCUT2D eigenvalue weighted by Gasteiger charge is -2.24. The second-order valence-corrected chi connectivity index (χ2v) is 5.53. The largest absolute Gasteiger partial charge is 0.387 e. The van der Waals surface area contributed by atoms with E-state index in [1.54, 1.807) is 4.90 Å². The van der Waals surface area contributed by atoms with Crippen LogP contribution in [-0.4, -0.2) is 60.6 Å². The van der Waals surface area contributed by atoms with Crippen molar-refractivity contribution in [3.63, 3.8) is 0 Å². The molecule has 0 aliphatic carbocycles. The van der Waals surface area contributed by atoms with Crippen LogP contribution in [0.5, 0.6) is 0 Å². The van der Waals surface area contributed by atoms with Gasteiger partial charge in [0.25, 0.3) is 6.43 Å². The third kappa shape index (κ3) is 4.93. The zero-order valence-electron chi connectivity index (χ0n) is 12.2. The van der Waals surface area contributed by atoms with E-state index in [0.29, 0.717) is 32.6 Å². The van der Waals surface area contributed by atoms with Crippen LogP contribution in [0.25, 0.3) is 0 Å². The fourth-order valence-corrected chi connectivity index (χ4v) is 2.70. The van der Waals surface area contributed by atoms with Gasteiger partial charge in [0.2, 0.25) is 0 Å². The highest BCUT2D eigenvalue weighted by Gasteiger charge is 2.21. The highest BCUT2D eigenvalue weighted by Crippen LogP contribution is 2.20. The molecule has 7 heteroatoms. The minimum atomic E-state index is -2.36. The smallest absolute Gasteiger partial charge is 0.251 e. The Bertz CT molecular complexity index is 487. The van der Waals surface area contributed by atoms with E-state index < -0.39 is 24.2 Å². The minimum Gasteiger partial charge on any atom is -0.387 e. The fourth-order valence-electron chi connectivity index (χ4n) is 2.70. The molecule has 0 saturated carbocycles. The topological polar surface area (TPSA) is 26.7 Å². The van der Waals surface area contributed by atoms with Gasteiger partial charge >= 0.3 is 0 Å². The average Bonchev–Trinajstić information content (AvgIpc) is 2.63. The van der Waals surface area contributed by atoms with Crippen molar-refractivity contribution < 1.29 is 22.7 Å². The van der Waals surface area contributed by atoms with Crippen LogP contribution >= 0.6 is 0 Å². The molecule has 22 heavy (non-hydrogen) atoms. The summed E-state index contributed by atoms with van der Waals surface area (Å²) >= 11 is 0. The van der Waals surface area contributed by atoms with Gasteiger partial charge in [0, 0.05) is 31.3 Å². The van der Waals surface area contributed by atoms with E-state index >= 15 is 0 Å². The standard InChI is InChI=1S/C15H20F4N2O/c16-11-2-3-12(13(17)8-11)14(22)9-20-4-1-5-21(7-6-20)10-15(18)19/h2-3,8,14-15,22H,1,4-7,9-10H2. The number of aliphatic hydroxyl groups excluding tert-OH is 1. The molecule has 1 fully saturated rings. The zero-order valence-corrected chi connectivity index (χ0v) is 12.2. The molecule has 1 unspecified atom stereocenters. The Morgan fingerprint density at radius 1 is 1.00 bits per heavy atom. The lowest BCUT2D eigenvalue weighted by atomic mass is 10.1. The molecule has 124 valence electrons. The number of rotatable bonds is 5. The van der Waals surface area contributed by atoms with Crippen molar-refractivity contribution in [1.29, 1.82) is 0 Å². The van der Waals surface area contributed by atoms with Gasteiger partial charge in [-0.05, 0) is 25.6 Å². The highest BCUT2D eigenvalue weighted by molar-refractivity contribution is 5.21. The predicted octanol–water partition coefficient (Wildman–Crippen LogP) is 2.27. The van der Waals surface area contributed by atoms with Crippen molar-refractivity contribution in [2.75, 3.05) is 39.3 Å². The predicted molar refractivity (Wildman–Crippen MR) is 74.8 cm³/mol. The number of aliphatic hydroxyl groups is 1. The Morgan fingerprint density at radius 2 is 1.64 bits per heavy atom. The van der Waals surface area contributed by atoms with E-state index in [2.05, 4.69) is 0 Å². The summed E-state index contributed by atoms with van der Waals surface area (Å²) in [5.41, 5.74) is 0.0510. The van der Waals surface area contributed by atoms with E-state index in [-0.39, 0.29) is 18.7 Å². The molecule has 0 amide bonds. The third-order valence-corrected chi connectivity index (χ3v) is 3.83. The summed E-state index contributed by atoms with van der Waals surface area (Å²) in [6.45, 7) is 2.21. The van der Waals surface area contributed by atoms with Crippen LogP contribution in [-0.2, 0) is 0 Å². The first-order valence-corrected chi connectivity index (χ1v) is 7.31.